The molecule has 2 aromatic heterocycles. The average Bonchev–Trinajstić information content (AvgIpc) is 2.64. The monoisotopic (exact) mass is 244 g/mol. The first-order chi connectivity index (χ1) is 7.47. The van der Waals surface area contributed by atoms with Crippen LogP contribution >= 0.6 is 11.3 Å². The number of alkyl halides is 3. The quantitative estimate of drug-likeness (QED) is 0.766. The Morgan fingerprint density at radius 2 is 2.00 bits per heavy atom. The van der Waals surface area contributed by atoms with Crippen LogP contribution in [-0.4, -0.2) is 9.97 Å². The number of hydrogen-bond donors (Lipinski definition) is 0. The molecule has 0 aliphatic heterocycles. The second-order valence-corrected chi connectivity index (χ2v) is 4.08. The third-order valence-electron chi connectivity index (χ3n) is 1.92. The molecule has 0 fully saturated rings. The van der Waals surface area contributed by atoms with Gasteiger partial charge in [0.1, 0.15) is 10.7 Å². The van der Waals surface area contributed by atoms with Crippen LogP contribution in [-0.2, 0) is 6.18 Å². The maximum atomic E-state index is 12.3. The van der Waals surface area contributed by atoms with E-state index in [1.807, 2.05) is 12.3 Å². The van der Waals surface area contributed by atoms with Crippen molar-refractivity contribution in [1.82, 2.24) is 9.97 Å². The summed E-state index contributed by atoms with van der Waals surface area (Å²) in [5, 5.41) is 2.52. The van der Waals surface area contributed by atoms with E-state index in [1.54, 1.807) is 0 Å². The smallest absolute Gasteiger partial charge is 0.251 e. The van der Waals surface area contributed by atoms with Gasteiger partial charge in [0.2, 0.25) is 0 Å². The van der Waals surface area contributed by atoms with E-state index in [1.165, 1.54) is 23.6 Å². The van der Waals surface area contributed by atoms with Crippen LogP contribution in [0.15, 0.2) is 23.7 Å². The van der Waals surface area contributed by atoms with Crippen LogP contribution in [0.2, 0.25) is 0 Å². The minimum atomic E-state index is -4.39. The van der Waals surface area contributed by atoms with Gasteiger partial charge in [-0.15, -0.1) is 11.3 Å². The van der Waals surface area contributed by atoms with E-state index < -0.39 is 11.9 Å². The molecular formula is C10H7F3N2S. The molecule has 84 valence electrons. The molecule has 6 heteroatoms. The Hall–Kier alpha value is -1.43. The molecule has 0 bridgehead atoms. The summed E-state index contributed by atoms with van der Waals surface area (Å²) in [6.45, 7) is 1.83. The minimum Gasteiger partial charge on any atom is -0.251 e. The molecule has 0 saturated carbocycles. The number of hydrogen-bond acceptors (Lipinski definition) is 3. The van der Waals surface area contributed by atoms with Gasteiger partial charge in [0.15, 0.2) is 0 Å². The number of thiazole rings is 1. The predicted molar refractivity (Wildman–Crippen MR) is 55.1 cm³/mol. The molecule has 0 spiro atoms. The number of halogens is 3. The van der Waals surface area contributed by atoms with E-state index in [2.05, 4.69) is 9.97 Å². The van der Waals surface area contributed by atoms with Crippen molar-refractivity contribution in [2.45, 2.75) is 13.1 Å². The van der Waals surface area contributed by atoms with Crippen molar-refractivity contribution in [1.29, 1.82) is 0 Å². The van der Waals surface area contributed by atoms with Crippen LogP contribution in [0.3, 0.4) is 0 Å². The summed E-state index contributed by atoms with van der Waals surface area (Å²) < 4.78 is 36.8. The summed E-state index contributed by atoms with van der Waals surface area (Å²) in [5.74, 6) is 0. The number of aromatic nitrogens is 2. The van der Waals surface area contributed by atoms with Crippen molar-refractivity contribution in [3.05, 3.63) is 35.1 Å². The highest BCUT2D eigenvalue weighted by Crippen LogP contribution is 2.29. The van der Waals surface area contributed by atoms with Crippen molar-refractivity contribution in [2.24, 2.45) is 0 Å². The maximum absolute atomic E-state index is 12.3. The molecule has 2 heterocycles. The van der Waals surface area contributed by atoms with Gasteiger partial charge in [-0.1, -0.05) is 0 Å². The largest absolute Gasteiger partial charge is 0.433 e. The zero-order valence-corrected chi connectivity index (χ0v) is 9.06. The van der Waals surface area contributed by atoms with Gasteiger partial charge in [-0.05, 0) is 19.1 Å². The molecule has 0 saturated heterocycles. The SMILES string of the molecule is Cc1csc(-c2ccc(C(F)(F)F)nc2)n1. The highest BCUT2D eigenvalue weighted by molar-refractivity contribution is 7.13. The Kier molecular flexibility index (Phi) is 2.67. The standard InChI is InChI=1S/C10H7F3N2S/c1-6-5-16-9(15-6)7-2-3-8(14-4-7)10(11,12)13/h2-5H,1H3. The van der Waals surface area contributed by atoms with E-state index in [-0.39, 0.29) is 0 Å². The van der Waals surface area contributed by atoms with Crippen molar-refractivity contribution in [3.8, 4) is 10.6 Å². The Morgan fingerprint density at radius 1 is 1.25 bits per heavy atom. The molecule has 0 atom stereocenters. The van der Waals surface area contributed by atoms with Crippen LogP contribution in [0.5, 0.6) is 0 Å². The summed E-state index contributed by atoms with van der Waals surface area (Å²) in [7, 11) is 0. The fourth-order valence-electron chi connectivity index (χ4n) is 1.17. The number of rotatable bonds is 1. The molecule has 0 aliphatic rings. The zero-order valence-electron chi connectivity index (χ0n) is 8.25. The molecular weight excluding hydrogens is 237 g/mol. The second-order valence-electron chi connectivity index (χ2n) is 3.22. The Morgan fingerprint density at radius 3 is 2.44 bits per heavy atom. The Balaban J connectivity index is 2.33. The predicted octanol–water partition coefficient (Wildman–Crippen LogP) is 3.53. The lowest BCUT2D eigenvalue weighted by Gasteiger charge is -2.05. The average molecular weight is 244 g/mol. The van der Waals surface area contributed by atoms with E-state index in [0.717, 1.165) is 11.8 Å². The van der Waals surface area contributed by atoms with E-state index >= 15 is 0 Å². The van der Waals surface area contributed by atoms with Gasteiger partial charge in [-0.3, -0.25) is 4.98 Å². The molecule has 0 aromatic carbocycles. The summed E-state index contributed by atoms with van der Waals surface area (Å²) in [6.07, 6.45) is -3.20. The van der Waals surface area contributed by atoms with Gasteiger partial charge in [-0.25, -0.2) is 4.98 Å². The molecule has 0 radical (unpaired) electrons. The fourth-order valence-corrected chi connectivity index (χ4v) is 1.96. The van der Waals surface area contributed by atoms with Crippen LogP contribution in [0, 0.1) is 6.92 Å². The van der Waals surface area contributed by atoms with Gasteiger partial charge in [-0.2, -0.15) is 13.2 Å². The van der Waals surface area contributed by atoms with Crippen molar-refractivity contribution in [3.63, 3.8) is 0 Å². The molecule has 16 heavy (non-hydrogen) atoms. The molecule has 2 aromatic rings. The number of nitrogens with zero attached hydrogens (tertiary/aromatic N) is 2. The Labute approximate surface area is 93.8 Å². The van der Waals surface area contributed by atoms with Crippen LogP contribution in [0.25, 0.3) is 10.6 Å². The third kappa shape index (κ3) is 2.21. The summed E-state index contributed by atoms with van der Waals surface area (Å²) in [6, 6.07) is 2.35. The lowest BCUT2D eigenvalue weighted by molar-refractivity contribution is -0.141. The molecule has 0 N–H and O–H groups in total. The van der Waals surface area contributed by atoms with Gasteiger partial charge in [0.05, 0.1) is 0 Å². The Bertz CT molecular complexity index is 488. The topological polar surface area (TPSA) is 25.8 Å². The van der Waals surface area contributed by atoms with Crippen molar-refractivity contribution < 1.29 is 13.2 Å². The number of aryl methyl sites for hydroxylation is 1. The first-order valence-corrected chi connectivity index (χ1v) is 5.30. The van der Waals surface area contributed by atoms with Gasteiger partial charge in [0, 0.05) is 22.8 Å². The highest BCUT2D eigenvalue weighted by atomic mass is 32.1. The van der Waals surface area contributed by atoms with Crippen molar-refractivity contribution >= 4 is 11.3 Å². The van der Waals surface area contributed by atoms with E-state index in [0.29, 0.717) is 10.6 Å². The third-order valence-corrected chi connectivity index (χ3v) is 2.93. The lowest BCUT2D eigenvalue weighted by atomic mass is 10.2. The van der Waals surface area contributed by atoms with Crippen LogP contribution in [0.4, 0.5) is 13.2 Å². The fraction of sp³-hybridized carbons (Fsp3) is 0.200. The molecule has 0 aliphatic carbocycles. The molecule has 2 rings (SSSR count). The first-order valence-electron chi connectivity index (χ1n) is 4.42. The maximum Gasteiger partial charge on any atom is 0.433 e. The highest BCUT2D eigenvalue weighted by Gasteiger charge is 2.32. The summed E-state index contributed by atoms with van der Waals surface area (Å²) in [4.78, 5) is 7.55. The van der Waals surface area contributed by atoms with Crippen molar-refractivity contribution in [2.75, 3.05) is 0 Å². The number of pyridine rings is 1. The molecule has 0 amide bonds. The molecule has 2 nitrogen and oxygen atoms in total. The molecule has 0 unspecified atom stereocenters. The normalized spacial score (nSPS) is 11.8. The van der Waals surface area contributed by atoms with E-state index in [9.17, 15) is 13.2 Å². The van der Waals surface area contributed by atoms with Gasteiger partial charge in [0.25, 0.3) is 0 Å². The summed E-state index contributed by atoms with van der Waals surface area (Å²) >= 11 is 1.38. The minimum absolute atomic E-state index is 0.603. The van der Waals surface area contributed by atoms with E-state index in [4.69, 9.17) is 0 Å². The van der Waals surface area contributed by atoms with Gasteiger partial charge >= 0.3 is 6.18 Å². The van der Waals surface area contributed by atoms with Crippen LogP contribution in [0.1, 0.15) is 11.4 Å². The van der Waals surface area contributed by atoms with Crippen LogP contribution < -0.4 is 0 Å². The summed E-state index contributed by atoms with van der Waals surface area (Å²) in [5.41, 5.74) is 0.565. The first kappa shape index (κ1) is 11.1. The van der Waals surface area contributed by atoms with Gasteiger partial charge < -0.3 is 0 Å². The zero-order chi connectivity index (χ0) is 11.8. The second kappa shape index (κ2) is 3.86. The lowest BCUT2D eigenvalue weighted by Crippen LogP contribution is -2.07.